The summed E-state index contributed by atoms with van der Waals surface area (Å²) in [7, 11) is -3.17. The second-order valence-electron chi connectivity index (χ2n) is 4.38. The summed E-state index contributed by atoms with van der Waals surface area (Å²) in [4.78, 5) is 0. The van der Waals surface area contributed by atoms with E-state index in [-0.39, 0.29) is 6.04 Å². The van der Waals surface area contributed by atoms with Crippen molar-refractivity contribution in [2.75, 3.05) is 12.8 Å². The lowest BCUT2D eigenvalue weighted by Crippen LogP contribution is -2.44. The Morgan fingerprint density at radius 3 is 2.50 bits per heavy atom. The van der Waals surface area contributed by atoms with Crippen molar-refractivity contribution >= 4 is 9.84 Å². The van der Waals surface area contributed by atoms with Crippen LogP contribution < -0.4 is 5.32 Å². The maximum atomic E-state index is 11.8. The van der Waals surface area contributed by atoms with E-state index in [1.54, 1.807) is 32.2 Å². The third-order valence-electron chi connectivity index (χ3n) is 2.89. The van der Waals surface area contributed by atoms with Crippen LogP contribution in [0.4, 0.5) is 0 Å². The lowest BCUT2D eigenvalue weighted by atomic mass is 10.0. The van der Waals surface area contributed by atoms with Crippen LogP contribution in [0.1, 0.15) is 32.6 Å². The number of hydrogen-bond acceptors (Lipinski definition) is 4. The van der Waals surface area contributed by atoms with E-state index in [1.807, 2.05) is 6.92 Å². The van der Waals surface area contributed by atoms with Gasteiger partial charge in [-0.05, 0) is 32.5 Å². The van der Waals surface area contributed by atoms with Gasteiger partial charge < -0.3 is 9.73 Å². The first-order valence-electron chi connectivity index (χ1n) is 5.27. The summed E-state index contributed by atoms with van der Waals surface area (Å²) in [6.45, 7) is 6.04. The fraction of sp³-hybridized carbons (Fsp3) is 0.636. The van der Waals surface area contributed by atoms with Gasteiger partial charge in [-0.1, -0.05) is 6.92 Å². The smallest absolute Gasteiger partial charge is 0.154 e. The Balaban J connectivity index is 3.13. The molecule has 16 heavy (non-hydrogen) atoms. The molecule has 4 nitrogen and oxygen atoms in total. The third-order valence-corrected chi connectivity index (χ3v) is 5.03. The van der Waals surface area contributed by atoms with Crippen LogP contribution in [0.2, 0.25) is 0 Å². The normalized spacial score (nSPS) is 15.0. The largest absolute Gasteiger partial charge is 0.468 e. The van der Waals surface area contributed by atoms with Crippen molar-refractivity contribution in [3.63, 3.8) is 0 Å². The van der Waals surface area contributed by atoms with Crippen LogP contribution in [0.25, 0.3) is 0 Å². The molecule has 92 valence electrons. The van der Waals surface area contributed by atoms with Gasteiger partial charge in [0.25, 0.3) is 0 Å². The molecule has 0 aliphatic rings. The standard InChI is InChI=1S/C11H19NO3S/c1-5-12-10(9-7-6-8-15-9)11(2,3)16(4,13)14/h6-8,10,12H,5H2,1-4H3. The molecule has 1 atom stereocenters. The first-order valence-corrected chi connectivity index (χ1v) is 7.16. The summed E-state index contributed by atoms with van der Waals surface area (Å²) in [5.41, 5.74) is 0. The summed E-state index contributed by atoms with van der Waals surface area (Å²) in [5.74, 6) is 0.650. The third kappa shape index (κ3) is 2.47. The van der Waals surface area contributed by atoms with Gasteiger partial charge in [0.05, 0.1) is 17.1 Å². The summed E-state index contributed by atoms with van der Waals surface area (Å²) in [6, 6.07) is 3.22. The Morgan fingerprint density at radius 1 is 1.50 bits per heavy atom. The first kappa shape index (κ1) is 13.3. The first-order chi connectivity index (χ1) is 7.30. The molecule has 0 saturated carbocycles. The van der Waals surface area contributed by atoms with Crippen molar-refractivity contribution in [2.45, 2.75) is 31.6 Å². The van der Waals surface area contributed by atoms with E-state index in [2.05, 4.69) is 5.32 Å². The lowest BCUT2D eigenvalue weighted by Gasteiger charge is -2.31. The Kier molecular flexibility index (Phi) is 3.80. The van der Waals surface area contributed by atoms with Gasteiger partial charge in [0, 0.05) is 6.26 Å². The summed E-state index contributed by atoms with van der Waals surface area (Å²) in [5, 5.41) is 3.16. The fourth-order valence-electron chi connectivity index (χ4n) is 1.56. The molecule has 0 aromatic carbocycles. The molecule has 0 fully saturated rings. The molecule has 5 heteroatoms. The van der Waals surface area contributed by atoms with Crippen molar-refractivity contribution in [2.24, 2.45) is 0 Å². The van der Waals surface area contributed by atoms with Crippen LogP contribution in [-0.4, -0.2) is 26.0 Å². The van der Waals surface area contributed by atoms with Crippen LogP contribution in [-0.2, 0) is 9.84 Å². The fourth-order valence-corrected chi connectivity index (χ4v) is 2.19. The molecule has 0 aliphatic carbocycles. The highest BCUT2D eigenvalue weighted by Crippen LogP contribution is 2.32. The van der Waals surface area contributed by atoms with E-state index in [1.165, 1.54) is 6.26 Å². The van der Waals surface area contributed by atoms with E-state index in [9.17, 15) is 8.42 Å². The molecule has 1 unspecified atom stereocenters. The molecule has 0 saturated heterocycles. The van der Waals surface area contributed by atoms with E-state index in [4.69, 9.17) is 4.42 Å². The van der Waals surface area contributed by atoms with Crippen LogP contribution in [0.3, 0.4) is 0 Å². The molecule has 1 heterocycles. The summed E-state index contributed by atoms with van der Waals surface area (Å²) < 4.78 is 28.0. The molecule has 1 aromatic heterocycles. The highest BCUT2D eigenvalue weighted by atomic mass is 32.2. The van der Waals surface area contributed by atoms with Crippen LogP contribution in [0, 0.1) is 0 Å². The summed E-state index contributed by atoms with van der Waals surface area (Å²) in [6.07, 6.45) is 2.80. The molecule has 1 N–H and O–H groups in total. The predicted molar refractivity (Wildman–Crippen MR) is 64.0 cm³/mol. The van der Waals surface area contributed by atoms with Crippen molar-refractivity contribution in [3.8, 4) is 0 Å². The molecule has 1 rings (SSSR count). The number of sulfone groups is 1. The summed E-state index contributed by atoms with van der Waals surface area (Å²) >= 11 is 0. The van der Waals surface area contributed by atoms with Gasteiger partial charge in [0.1, 0.15) is 5.76 Å². The van der Waals surface area contributed by atoms with Gasteiger partial charge in [-0.15, -0.1) is 0 Å². The van der Waals surface area contributed by atoms with Crippen LogP contribution in [0.5, 0.6) is 0 Å². The van der Waals surface area contributed by atoms with Crippen molar-refractivity contribution in [1.82, 2.24) is 5.32 Å². The minimum atomic E-state index is -3.17. The quantitative estimate of drug-likeness (QED) is 0.858. The van der Waals surface area contributed by atoms with E-state index < -0.39 is 14.6 Å². The number of nitrogens with one attached hydrogen (secondary N) is 1. The monoisotopic (exact) mass is 245 g/mol. The maximum Gasteiger partial charge on any atom is 0.154 e. The molecule has 0 bridgehead atoms. The zero-order valence-corrected chi connectivity index (χ0v) is 11.0. The van der Waals surface area contributed by atoms with E-state index in [0.717, 1.165) is 0 Å². The van der Waals surface area contributed by atoms with Crippen LogP contribution >= 0.6 is 0 Å². The predicted octanol–water partition coefficient (Wildman–Crippen LogP) is 1.75. The molecule has 1 aromatic rings. The van der Waals surface area contributed by atoms with Gasteiger partial charge in [-0.3, -0.25) is 0 Å². The Hall–Kier alpha value is -0.810. The zero-order valence-electron chi connectivity index (χ0n) is 10.1. The highest BCUT2D eigenvalue weighted by molar-refractivity contribution is 7.92. The molecule has 0 amide bonds. The molecule has 0 spiro atoms. The van der Waals surface area contributed by atoms with Gasteiger partial charge in [0.2, 0.25) is 0 Å². The Bertz CT molecular complexity index is 420. The maximum absolute atomic E-state index is 11.8. The minimum absolute atomic E-state index is 0.331. The Morgan fingerprint density at radius 2 is 2.12 bits per heavy atom. The second kappa shape index (κ2) is 4.59. The SMILES string of the molecule is CCNC(c1ccco1)C(C)(C)S(C)(=O)=O. The Labute approximate surface area is 97.0 Å². The van der Waals surface area contributed by atoms with E-state index in [0.29, 0.717) is 12.3 Å². The van der Waals surface area contributed by atoms with Gasteiger partial charge in [-0.2, -0.15) is 0 Å². The van der Waals surface area contributed by atoms with E-state index >= 15 is 0 Å². The average molecular weight is 245 g/mol. The number of hydrogen-bond donors (Lipinski definition) is 1. The molecule has 0 radical (unpaired) electrons. The highest BCUT2D eigenvalue weighted by Gasteiger charge is 2.40. The van der Waals surface area contributed by atoms with Crippen molar-refractivity contribution in [1.29, 1.82) is 0 Å². The molecular formula is C11H19NO3S. The minimum Gasteiger partial charge on any atom is -0.468 e. The zero-order chi connectivity index (χ0) is 12.4. The van der Waals surface area contributed by atoms with Crippen LogP contribution in [0.15, 0.2) is 22.8 Å². The van der Waals surface area contributed by atoms with Crippen molar-refractivity contribution in [3.05, 3.63) is 24.2 Å². The lowest BCUT2D eigenvalue weighted by molar-refractivity contribution is 0.357. The number of rotatable bonds is 5. The average Bonchev–Trinajstić information content (AvgIpc) is 2.64. The second-order valence-corrected chi connectivity index (χ2v) is 6.98. The molecule has 0 aliphatic heterocycles. The van der Waals surface area contributed by atoms with Gasteiger partial charge in [-0.25, -0.2) is 8.42 Å². The van der Waals surface area contributed by atoms with Crippen molar-refractivity contribution < 1.29 is 12.8 Å². The molecular weight excluding hydrogens is 226 g/mol. The van der Waals surface area contributed by atoms with Gasteiger partial charge >= 0.3 is 0 Å². The topological polar surface area (TPSA) is 59.3 Å². The number of furan rings is 1. The van der Waals surface area contributed by atoms with Gasteiger partial charge in [0.15, 0.2) is 9.84 Å².